The molecular weight excluding hydrogens is 390 g/mol. The number of aryl methyl sites for hydroxylation is 2. The number of carbonyl (C=O) groups excluding carboxylic acids is 1. The van der Waals surface area contributed by atoms with E-state index in [4.69, 9.17) is 0 Å². The quantitative estimate of drug-likeness (QED) is 0.431. The lowest BCUT2D eigenvalue weighted by Gasteiger charge is -2.39. The second kappa shape index (κ2) is 8.22. The van der Waals surface area contributed by atoms with Gasteiger partial charge >= 0.3 is 0 Å². The molecule has 1 aliphatic rings. The van der Waals surface area contributed by atoms with Gasteiger partial charge in [0.15, 0.2) is 0 Å². The summed E-state index contributed by atoms with van der Waals surface area (Å²) in [6.45, 7) is 6.17. The van der Waals surface area contributed by atoms with Gasteiger partial charge in [-0.2, -0.15) is 0 Å². The van der Waals surface area contributed by atoms with Crippen LogP contribution in [0.4, 0.5) is 17.1 Å². The standard InChI is InChI=1S/C25H25N3O3/c1-16-4-9-20(10-5-16)27(25(29)19-7-11-21(12-8-19)28(30)31)24-15-18(3)26-23-13-6-17(2)14-22(23)24/h4-14,18,24,26H,15H2,1-3H3/t18-,24+/m0/s1. The Kier molecular flexibility index (Phi) is 5.46. The summed E-state index contributed by atoms with van der Waals surface area (Å²) >= 11 is 0. The SMILES string of the molecule is Cc1ccc(N(C(=O)c2ccc([N+](=O)[O-])cc2)[C@@H]2C[C@H](C)Nc3ccc(C)cc32)cc1. The maximum absolute atomic E-state index is 13.7. The molecule has 0 bridgehead atoms. The fraction of sp³-hybridized carbons (Fsp3) is 0.240. The molecule has 0 saturated carbocycles. The minimum absolute atomic E-state index is 0.0325. The van der Waals surface area contributed by atoms with Gasteiger partial charge in [-0.1, -0.05) is 35.4 Å². The monoisotopic (exact) mass is 415 g/mol. The fourth-order valence-electron chi connectivity index (χ4n) is 4.13. The minimum Gasteiger partial charge on any atom is -0.382 e. The summed E-state index contributed by atoms with van der Waals surface area (Å²) in [6.07, 6.45) is 0.753. The van der Waals surface area contributed by atoms with E-state index in [9.17, 15) is 14.9 Å². The van der Waals surface area contributed by atoms with Crippen LogP contribution in [-0.4, -0.2) is 16.9 Å². The zero-order valence-electron chi connectivity index (χ0n) is 17.8. The first-order valence-electron chi connectivity index (χ1n) is 10.4. The molecule has 0 radical (unpaired) electrons. The van der Waals surface area contributed by atoms with Crippen molar-refractivity contribution >= 4 is 23.0 Å². The highest BCUT2D eigenvalue weighted by Gasteiger charge is 2.33. The normalized spacial score (nSPS) is 17.4. The van der Waals surface area contributed by atoms with E-state index in [-0.39, 0.29) is 23.7 Å². The number of non-ortho nitro benzene ring substituents is 1. The third-order valence-electron chi connectivity index (χ3n) is 5.71. The summed E-state index contributed by atoms with van der Waals surface area (Å²) in [5.74, 6) is -0.176. The highest BCUT2D eigenvalue weighted by molar-refractivity contribution is 6.07. The molecular formula is C25H25N3O3. The van der Waals surface area contributed by atoms with Crippen molar-refractivity contribution in [1.29, 1.82) is 0 Å². The average molecular weight is 415 g/mol. The van der Waals surface area contributed by atoms with Gasteiger partial charge in [-0.15, -0.1) is 0 Å². The van der Waals surface area contributed by atoms with Gasteiger partial charge < -0.3 is 10.2 Å². The van der Waals surface area contributed by atoms with Gasteiger partial charge in [-0.25, -0.2) is 0 Å². The molecule has 158 valence electrons. The number of amides is 1. The summed E-state index contributed by atoms with van der Waals surface area (Å²) in [5.41, 5.74) is 5.55. The van der Waals surface area contributed by atoms with Crippen LogP contribution in [0, 0.1) is 24.0 Å². The third-order valence-corrected chi connectivity index (χ3v) is 5.71. The van der Waals surface area contributed by atoms with Crippen LogP contribution in [-0.2, 0) is 0 Å². The van der Waals surface area contributed by atoms with E-state index in [0.29, 0.717) is 5.56 Å². The van der Waals surface area contributed by atoms with Crippen LogP contribution >= 0.6 is 0 Å². The van der Waals surface area contributed by atoms with Crippen LogP contribution in [0.2, 0.25) is 0 Å². The predicted molar refractivity (Wildman–Crippen MR) is 123 cm³/mol. The molecule has 31 heavy (non-hydrogen) atoms. The average Bonchev–Trinajstić information content (AvgIpc) is 2.75. The molecule has 0 aromatic heterocycles. The molecule has 6 nitrogen and oxygen atoms in total. The Balaban J connectivity index is 1.82. The Labute approximate surface area is 181 Å². The topological polar surface area (TPSA) is 75.5 Å². The summed E-state index contributed by atoms with van der Waals surface area (Å²) < 4.78 is 0. The van der Waals surface area contributed by atoms with Crippen LogP contribution in [0.5, 0.6) is 0 Å². The molecule has 4 rings (SSSR count). The number of hydrogen-bond donors (Lipinski definition) is 1. The van der Waals surface area contributed by atoms with E-state index in [0.717, 1.165) is 34.5 Å². The predicted octanol–water partition coefficient (Wildman–Crippen LogP) is 5.80. The van der Waals surface area contributed by atoms with Crippen molar-refractivity contribution in [2.75, 3.05) is 10.2 Å². The van der Waals surface area contributed by atoms with Gasteiger partial charge in [-0.05, 0) is 63.1 Å². The van der Waals surface area contributed by atoms with Gasteiger partial charge in [0.25, 0.3) is 11.6 Å². The number of fused-ring (bicyclic) bond motifs is 1. The first-order valence-corrected chi connectivity index (χ1v) is 10.4. The van der Waals surface area contributed by atoms with Crippen LogP contribution in [0.3, 0.4) is 0 Å². The number of anilines is 2. The Morgan fingerprint density at radius 2 is 1.65 bits per heavy atom. The molecule has 2 atom stereocenters. The van der Waals surface area contributed by atoms with Crippen molar-refractivity contribution in [1.82, 2.24) is 0 Å². The Hall–Kier alpha value is -3.67. The molecule has 1 amide bonds. The number of nitro benzene ring substituents is 1. The molecule has 1 heterocycles. The highest BCUT2D eigenvalue weighted by atomic mass is 16.6. The largest absolute Gasteiger partial charge is 0.382 e. The van der Waals surface area contributed by atoms with Gasteiger partial charge in [0.1, 0.15) is 0 Å². The molecule has 6 heteroatoms. The molecule has 0 saturated heterocycles. The summed E-state index contributed by atoms with van der Waals surface area (Å²) in [6, 6.07) is 20.0. The lowest BCUT2D eigenvalue weighted by molar-refractivity contribution is -0.384. The number of nitrogens with one attached hydrogen (secondary N) is 1. The van der Waals surface area contributed by atoms with Crippen LogP contribution in [0.15, 0.2) is 66.7 Å². The van der Waals surface area contributed by atoms with E-state index in [1.165, 1.54) is 24.3 Å². The fourth-order valence-corrected chi connectivity index (χ4v) is 4.13. The number of carbonyl (C=O) groups is 1. The number of nitro groups is 1. The van der Waals surface area contributed by atoms with Crippen molar-refractivity contribution in [3.63, 3.8) is 0 Å². The van der Waals surface area contributed by atoms with E-state index in [2.05, 4.69) is 30.4 Å². The van der Waals surface area contributed by atoms with Crippen LogP contribution in [0.25, 0.3) is 0 Å². The summed E-state index contributed by atoms with van der Waals surface area (Å²) in [7, 11) is 0. The lowest BCUT2D eigenvalue weighted by Crippen LogP contribution is -2.40. The second-order valence-corrected chi connectivity index (χ2v) is 8.20. The zero-order valence-corrected chi connectivity index (χ0v) is 17.8. The molecule has 3 aromatic carbocycles. The molecule has 3 aromatic rings. The first-order chi connectivity index (χ1) is 14.8. The van der Waals surface area contributed by atoms with E-state index in [1.54, 1.807) is 0 Å². The molecule has 1 aliphatic heterocycles. The smallest absolute Gasteiger partial charge is 0.269 e. The molecule has 0 unspecified atom stereocenters. The van der Waals surface area contributed by atoms with Crippen LogP contribution < -0.4 is 10.2 Å². The van der Waals surface area contributed by atoms with Gasteiger partial charge in [-0.3, -0.25) is 14.9 Å². The van der Waals surface area contributed by atoms with E-state index < -0.39 is 4.92 Å². The van der Waals surface area contributed by atoms with Crippen molar-refractivity contribution in [2.45, 2.75) is 39.3 Å². The lowest BCUT2D eigenvalue weighted by atomic mass is 9.90. The number of nitrogens with zero attached hydrogens (tertiary/aromatic N) is 2. The molecule has 0 spiro atoms. The first kappa shape index (κ1) is 20.6. The van der Waals surface area contributed by atoms with E-state index in [1.807, 2.05) is 43.0 Å². The highest BCUT2D eigenvalue weighted by Crippen LogP contribution is 2.40. The Morgan fingerprint density at radius 1 is 1.00 bits per heavy atom. The second-order valence-electron chi connectivity index (χ2n) is 8.20. The molecule has 1 N–H and O–H groups in total. The van der Waals surface area contributed by atoms with Gasteiger partial charge in [0, 0.05) is 35.1 Å². The van der Waals surface area contributed by atoms with Crippen molar-refractivity contribution in [3.05, 3.63) is 99.1 Å². The Morgan fingerprint density at radius 3 is 2.29 bits per heavy atom. The van der Waals surface area contributed by atoms with E-state index >= 15 is 0 Å². The van der Waals surface area contributed by atoms with Crippen LogP contribution in [0.1, 0.15) is 46.4 Å². The number of rotatable bonds is 4. The molecule has 0 aliphatic carbocycles. The van der Waals surface area contributed by atoms with Gasteiger partial charge in [0.2, 0.25) is 0 Å². The Bertz CT molecular complexity index is 1120. The van der Waals surface area contributed by atoms with Crippen molar-refractivity contribution in [3.8, 4) is 0 Å². The van der Waals surface area contributed by atoms with Crippen molar-refractivity contribution < 1.29 is 9.72 Å². The summed E-state index contributed by atoms with van der Waals surface area (Å²) in [4.78, 5) is 26.1. The maximum Gasteiger partial charge on any atom is 0.269 e. The summed E-state index contributed by atoms with van der Waals surface area (Å²) in [5, 5.41) is 14.5. The third kappa shape index (κ3) is 4.14. The van der Waals surface area contributed by atoms with Gasteiger partial charge in [0.05, 0.1) is 11.0 Å². The van der Waals surface area contributed by atoms with Crippen molar-refractivity contribution in [2.24, 2.45) is 0 Å². The zero-order chi connectivity index (χ0) is 22.1. The number of hydrogen-bond acceptors (Lipinski definition) is 4. The number of benzene rings is 3. The minimum atomic E-state index is -0.459. The maximum atomic E-state index is 13.7. The molecule has 0 fully saturated rings.